The number of rotatable bonds is 5. The molecule has 1 heterocycles. The minimum absolute atomic E-state index is 0.0425. The third-order valence-corrected chi connectivity index (χ3v) is 4.98. The fourth-order valence-electron chi connectivity index (χ4n) is 3.13. The fourth-order valence-corrected chi connectivity index (χ4v) is 3.38. The number of benzene rings is 2. The van der Waals surface area contributed by atoms with Crippen molar-refractivity contribution in [2.24, 2.45) is 0 Å². The Kier molecular flexibility index (Phi) is 5.41. The molecule has 0 spiro atoms. The van der Waals surface area contributed by atoms with Gasteiger partial charge in [0.1, 0.15) is 10.7 Å². The molecule has 1 aliphatic rings. The number of amides is 1. The second-order valence-corrected chi connectivity index (χ2v) is 6.98. The van der Waals surface area contributed by atoms with Gasteiger partial charge in [-0.3, -0.25) is 19.4 Å². The number of aromatic nitrogens is 1. The van der Waals surface area contributed by atoms with E-state index in [1.165, 1.54) is 0 Å². The molecule has 6 nitrogen and oxygen atoms in total. The second-order valence-electron chi connectivity index (χ2n) is 6.60. The number of Topliss-reactive ketones (excluding diaryl/α,β-unsaturated/α-hetero) is 2. The summed E-state index contributed by atoms with van der Waals surface area (Å²) in [5.74, 6) is -0.981. The van der Waals surface area contributed by atoms with Crippen molar-refractivity contribution in [3.05, 3.63) is 106 Å². The maximum absolute atomic E-state index is 12.7. The van der Waals surface area contributed by atoms with Crippen molar-refractivity contribution in [2.45, 2.75) is 6.54 Å². The van der Waals surface area contributed by atoms with Gasteiger partial charge in [0.2, 0.25) is 11.6 Å². The van der Waals surface area contributed by atoms with E-state index in [1.807, 2.05) is 6.07 Å². The van der Waals surface area contributed by atoms with Crippen molar-refractivity contribution in [3.8, 4) is 0 Å². The highest BCUT2D eigenvalue weighted by atomic mass is 35.5. The minimum atomic E-state index is -0.397. The van der Waals surface area contributed by atoms with Crippen LogP contribution in [0, 0.1) is 0 Å². The summed E-state index contributed by atoms with van der Waals surface area (Å²) >= 11 is 6.16. The molecule has 0 fully saturated rings. The summed E-state index contributed by atoms with van der Waals surface area (Å²) in [4.78, 5) is 41.7. The van der Waals surface area contributed by atoms with Crippen LogP contribution >= 0.6 is 11.6 Å². The molecule has 7 heteroatoms. The molecule has 2 aromatic carbocycles. The van der Waals surface area contributed by atoms with E-state index in [-0.39, 0.29) is 29.0 Å². The van der Waals surface area contributed by atoms with E-state index < -0.39 is 5.78 Å². The zero-order valence-corrected chi connectivity index (χ0v) is 16.4. The van der Waals surface area contributed by atoms with Crippen LogP contribution in [0.1, 0.15) is 36.8 Å². The molecule has 1 amide bonds. The van der Waals surface area contributed by atoms with Crippen LogP contribution in [-0.4, -0.2) is 22.5 Å². The van der Waals surface area contributed by atoms with Crippen molar-refractivity contribution in [1.29, 1.82) is 0 Å². The smallest absolute Gasteiger partial charge is 0.255 e. The molecule has 0 unspecified atom stereocenters. The first kappa shape index (κ1) is 19.5. The predicted molar refractivity (Wildman–Crippen MR) is 113 cm³/mol. The number of anilines is 1. The first-order valence-electron chi connectivity index (χ1n) is 9.18. The first-order chi connectivity index (χ1) is 14.5. The number of hydrogen-bond acceptors (Lipinski definition) is 5. The number of ketones is 2. The van der Waals surface area contributed by atoms with Crippen molar-refractivity contribution >= 4 is 34.8 Å². The van der Waals surface area contributed by atoms with Crippen LogP contribution in [0.15, 0.2) is 83.7 Å². The van der Waals surface area contributed by atoms with Crippen molar-refractivity contribution in [2.75, 3.05) is 5.32 Å². The molecule has 148 valence electrons. The van der Waals surface area contributed by atoms with Crippen LogP contribution in [-0.2, 0) is 6.54 Å². The van der Waals surface area contributed by atoms with Crippen LogP contribution in [0.4, 0.5) is 5.69 Å². The Balaban J connectivity index is 1.49. The van der Waals surface area contributed by atoms with E-state index in [9.17, 15) is 14.4 Å². The highest BCUT2D eigenvalue weighted by molar-refractivity contribution is 6.49. The van der Waals surface area contributed by atoms with Crippen molar-refractivity contribution < 1.29 is 14.4 Å². The number of carbonyl (C=O) groups is 3. The van der Waals surface area contributed by atoms with Gasteiger partial charge in [-0.05, 0) is 24.3 Å². The highest BCUT2D eigenvalue weighted by Crippen LogP contribution is 2.27. The summed E-state index contributed by atoms with van der Waals surface area (Å²) in [5, 5.41) is 5.59. The largest absolute Gasteiger partial charge is 0.375 e. The number of halogens is 1. The van der Waals surface area contributed by atoms with Gasteiger partial charge in [-0.2, -0.15) is 0 Å². The van der Waals surface area contributed by atoms with Gasteiger partial charge >= 0.3 is 0 Å². The molecular formula is C23H16ClN3O3. The SMILES string of the molecule is O=C(Nc1ccnc(CNC2=C(Cl)C(=O)c3ccccc3C2=O)c1)c1ccccc1. The van der Waals surface area contributed by atoms with Gasteiger partial charge in [0, 0.05) is 28.6 Å². The van der Waals surface area contributed by atoms with E-state index in [0.29, 0.717) is 28.1 Å². The number of nitrogens with zero attached hydrogens (tertiary/aromatic N) is 1. The van der Waals surface area contributed by atoms with E-state index in [4.69, 9.17) is 11.6 Å². The van der Waals surface area contributed by atoms with Crippen molar-refractivity contribution in [3.63, 3.8) is 0 Å². The molecule has 1 aromatic heterocycles. The Labute approximate surface area is 177 Å². The maximum Gasteiger partial charge on any atom is 0.255 e. The van der Waals surface area contributed by atoms with Gasteiger partial charge in [-0.1, -0.05) is 54.1 Å². The van der Waals surface area contributed by atoms with Gasteiger partial charge in [-0.15, -0.1) is 0 Å². The molecule has 2 N–H and O–H groups in total. The molecule has 0 atom stereocenters. The van der Waals surface area contributed by atoms with E-state index in [2.05, 4.69) is 15.6 Å². The number of hydrogen-bond donors (Lipinski definition) is 2. The number of carbonyl (C=O) groups excluding carboxylic acids is 3. The van der Waals surface area contributed by atoms with Crippen LogP contribution < -0.4 is 10.6 Å². The third-order valence-electron chi connectivity index (χ3n) is 4.62. The van der Waals surface area contributed by atoms with Gasteiger partial charge in [0.05, 0.1) is 12.2 Å². The van der Waals surface area contributed by atoms with Crippen LogP contribution in [0.2, 0.25) is 0 Å². The lowest BCUT2D eigenvalue weighted by Crippen LogP contribution is -2.29. The predicted octanol–water partition coefficient (Wildman–Crippen LogP) is 3.95. The monoisotopic (exact) mass is 417 g/mol. The maximum atomic E-state index is 12.7. The average Bonchev–Trinajstić information content (AvgIpc) is 2.78. The van der Waals surface area contributed by atoms with Gasteiger partial charge in [0.25, 0.3) is 5.91 Å². The molecule has 0 saturated carbocycles. The summed E-state index contributed by atoms with van der Waals surface area (Å²) in [6.45, 7) is 0.155. The summed E-state index contributed by atoms with van der Waals surface area (Å²) in [6.07, 6.45) is 1.55. The molecule has 0 radical (unpaired) electrons. The lowest BCUT2D eigenvalue weighted by molar-refractivity contribution is 0.0974. The van der Waals surface area contributed by atoms with E-state index in [1.54, 1.807) is 66.9 Å². The highest BCUT2D eigenvalue weighted by Gasteiger charge is 2.31. The lowest BCUT2D eigenvalue weighted by Gasteiger charge is -2.18. The Morgan fingerprint density at radius 1 is 0.900 bits per heavy atom. The second kappa shape index (κ2) is 8.31. The topological polar surface area (TPSA) is 88.2 Å². The Morgan fingerprint density at radius 2 is 1.57 bits per heavy atom. The number of allylic oxidation sites excluding steroid dienone is 2. The summed E-state index contributed by atoms with van der Waals surface area (Å²) in [5.41, 5.74) is 2.31. The standard InChI is InChI=1S/C23H16ClN3O3/c24-19-20(22(29)18-9-5-4-8-17(18)21(19)28)26-13-16-12-15(10-11-25-16)27-23(30)14-6-2-1-3-7-14/h1-12,26H,13H2,(H,25,27,30). The Hall–Kier alpha value is -3.77. The zero-order valence-electron chi connectivity index (χ0n) is 15.7. The van der Waals surface area contributed by atoms with Crippen LogP contribution in [0.25, 0.3) is 0 Å². The van der Waals surface area contributed by atoms with Crippen LogP contribution in [0.5, 0.6) is 0 Å². The Bertz CT molecular complexity index is 1190. The average molecular weight is 418 g/mol. The summed E-state index contributed by atoms with van der Waals surface area (Å²) in [6, 6.07) is 18.8. The normalized spacial score (nSPS) is 13.1. The van der Waals surface area contributed by atoms with Crippen molar-refractivity contribution in [1.82, 2.24) is 10.3 Å². The van der Waals surface area contributed by atoms with E-state index in [0.717, 1.165) is 0 Å². The summed E-state index contributed by atoms with van der Waals surface area (Å²) in [7, 11) is 0. The molecule has 0 bridgehead atoms. The third kappa shape index (κ3) is 3.86. The number of nitrogens with one attached hydrogen (secondary N) is 2. The number of fused-ring (bicyclic) bond motifs is 1. The molecular weight excluding hydrogens is 402 g/mol. The van der Waals surface area contributed by atoms with E-state index >= 15 is 0 Å². The quantitative estimate of drug-likeness (QED) is 0.656. The first-order valence-corrected chi connectivity index (χ1v) is 9.56. The van der Waals surface area contributed by atoms with Gasteiger partial charge in [0.15, 0.2) is 0 Å². The molecule has 4 rings (SSSR count). The molecule has 0 aliphatic heterocycles. The van der Waals surface area contributed by atoms with Crippen LogP contribution in [0.3, 0.4) is 0 Å². The fraction of sp³-hybridized carbons (Fsp3) is 0.0435. The minimum Gasteiger partial charge on any atom is -0.375 e. The lowest BCUT2D eigenvalue weighted by atomic mass is 9.92. The zero-order chi connectivity index (χ0) is 21.1. The van der Waals surface area contributed by atoms with Gasteiger partial charge < -0.3 is 10.6 Å². The molecule has 0 saturated heterocycles. The summed E-state index contributed by atoms with van der Waals surface area (Å²) < 4.78 is 0. The molecule has 1 aliphatic carbocycles. The van der Waals surface area contributed by atoms with Gasteiger partial charge in [-0.25, -0.2) is 0 Å². The molecule has 30 heavy (non-hydrogen) atoms. The Morgan fingerprint density at radius 3 is 2.30 bits per heavy atom. The number of pyridine rings is 1. The molecule has 3 aromatic rings.